The van der Waals surface area contributed by atoms with Crippen molar-refractivity contribution in [3.8, 4) is 0 Å². The number of urea groups is 1. The summed E-state index contributed by atoms with van der Waals surface area (Å²) in [6, 6.07) is -1.59. The van der Waals surface area contributed by atoms with E-state index in [0.717, 1.165) is 0 Å². The Bertz CT molecular complexity index is 286. The maximum absolute atomic E-state index is 11.7. The molecule has 3 N–H and O–H groups in total. The SMILES string of the molecule is COCCC(NC(=O)N(C)CC(O)COC)C(=O)O. The Morgan fingerprint density at radius 3 is 2.42 bits per heavy atom. The van der Waals surface area contributed by atoms with E-state index in [-0.39, 0.29) is 26.2 Å². The third-order valence-electron chi connectivity index (χ3n) is 2.40. The number of methoxy groups -OCH3 is 2. The Kier molecular flexibility index (Phi) is 8.84. The molecule has 2 atom stereocenters. The number of aliphatic carboxylic acids is 1. The number of aliphatic hydroxyl groups is 1. The van der Waals surface area contributed by atoms with Gasteiger partial charge in [-0.2, -0.15) is 0 Å². The number of aliphatic hydroxyl groups excluding tert-OH is 1. The number of nitrogens with one attached hydrogen (secondary N) is 1. The van der Waals surface area contributed by atoms with Crippen molar-refractivity contribution in [1.82, 2.24) is 10.2 Å². The standard InChI is InChI=1S/C11H22N2O6/c1-13(6-8(14)7-19-3)11(17)12-9(10(15)16)4-5-18-2/h8-9,14H,4-7H2,1-3H3,(H,12,17)(H,15,16). The Hall–Kier alpha value is -1.38. The lowest BCUT2D eigenvalue weighted by Crippen LogP contribution is -2.49. The highest BCUT2D eigenvalue weighted by atomic mass is 16.5. The normalized spacial score (nSPS) is 13.7. The van der Waals surface area contributed by atoms with Crippen molar-refractivity contribution in [2.45, 2.75) is 18.6 Å². The Morgan fingerprint density at radius 2 is 1.95 bits per heavy atom. The zero-order valence-corrected chi connectivity index (χ0v) is 11.5. The summed E-state index contributed by atoms with van der Waals surface area (Å²) in [6.45, 7) is 0.382. The van der Waals surface area contributed by atoms with Crippen LogP contribution in [0.3, 0.4) is 0 Å². The summed E-state index contributed by atoms with van der Waals surface area (Å²) in [7, 11) is 4.35. The molecule has 0 aromatic heterocycles. The van der Waals surface area contributed by atoms with Gasteiger partial charge in [-0.1, -0.05) is 0 Å². The summed E-state index contributed by atoms with van der Waals surface area (Å²) < 4.78 is 9.51. The summed E-state index contributed by atoms with van der Waals surface area (Å²) in [4.78, 5) is 23.9. The zero-order valence-electron chi connectivity index (χ0n) is 11.5. The maximum Gasteiger partial charge on any atom is 0.326 e. The second-order valence-corrected chi connectivity index (χ2v) is 4.11. The molecule has 0 aliphatic rings. The van der Waals surface area contributed by atoms with Gasteiger partial charge < -0.3 is 29.9 Å². The van der Waals surface area contributed by atoms with Crippen molar-refractivity contribution < 1.29 is 29.3 Å². The zero-order chi connectivity index (χ0) is 14.8. The third-order valence-corrected chi connectivity index (χ3v) is 2.40. The minimum Gasteiger partial charge on any atom is -0.480 e. The number of carbonyl (C=O) groups is 2. The third kappa shape index (κ3) is 7.60. The lowest BCUT2D eigenvalue weighted by atomic mass is 10.2. The number of carboxylic acids is 1. The van der Waals surface area contributed by atoms with Crippen LogP contribution in [0.4, 0.5) is 4.79 Å². The highest BCUT2D eigenvalue weighted by Crippen LogP contribution is 1.97. The van der Waals surface area contributed by atoms with Gasteiger partial charge in [0.25, 0.3) is 0 Å². The van der Waals surface area contributed by atoms with Crippen molar-refractivity contribution in [1.29, 1.82) is 0 Å². The molecule has 0 bridgehead atoms. The van der Waals surface area contributed by atoms with Gasteiger partial charge in [-0.25, -0.2) is 9.59 Å². The van der Waals surface area contributed by atoms with Crippen molar-refractivity contribution in [3.63, 3.8) is 0 Å². The van der Waals surface area contributed by atoms with Crippen LogP contribution in [0.25, 0.3) is 0 Å². The molecule has 0 aromatic carbocycles. The van der Waals surface area contributed by atoms with E-state index in [0.29, 0.717) is 0 Å². The molecule has 19 heavy (non-hydrogen) atoms. The fourth-order valence-electron chi connectivity index (χ4n) is 1.40. The first-order chi connectivity index (χ1) is 8.92. The van der Waals surface area contributed by atoms with Crippen LogP contribution in [0.15, 0.2) is 0 Å². The monoisotopic (exact) mass is 278 g/mol. The Morgan fingerprint density at radius 1 is 1.32 bits per heavy atom. The van der Waals surface area contributed by atoms with Crippen LogP contribution < -0.4 is 5.32 Å². The van der Waals surface area contributed by atoms with Crippen LogP contribution in [-0.4, -0.2) is 80.3 Å². The lowest BCUT2D eigenvalue weighted by Gasteiger charge is -2.23. The number of hydrogen-bond acceptors (Lipinski definition) is 5. The highest BCUT2D eigenvalue weighted by Gasteiger charge is 2.22. The lowest BCUT2D eigenvalue weighted by molar-refractivity contribution is -0.139. The topological polar surface area (TPSA) is 108 Å². The first-order valence-corrected chi connectivity index (χ1v) is 5.82. The van der Waals surface area contributed by atoms with E-state index in [9.17, 15) is 14.7 Å². The van der Waals surface area contributed by atoms with Gasteiger partial charge in [-0.05, 0) is 0 Å². The van der Waals surface area contributed by atoms with Gasteiger partial charge in [0, 0.05) is 34.3 Å². The number of likely N-dealkylation sites (N-methyl/N-ethyl adjacent to an activating group) is 1. The van der Waals surface area contributed by atoms with Gasteiger partial charge in [-0.3, -0.25) is 0 Å². The van der Waals surface area contributed by atoms with E-state index in [1.165, 1.54) is 26.2 Å². The van der Waals surface area contributed by atoms with E-state index in [4.69, 9.17) is 14.6 Å². The number of hydrogen-bond donors (Lipinski definition) is 3. The highest BCUT2D eigenvalue weighted by molar-refractivity contribution is 5.82. The van der Waals surface area contributed by atoms with Crippen LogP contribution in [0.5, 0.6) is 0 Å². The molecule has 8 heteroatoms. The summed E-state index contributed by atoms with van der Waals surface area (Å²) in [5.74, 6) is -1.13. The van der Waals surface area contributed by atoms with Crippen LogP contribution in [0.1, 0.15) is 6.42 Å². The number of amides is 2. The van der Waals surface area contributed by atoms with Crippen molar-refractivity contribution >= 4 is 12.0 Å². The first kappa shape index (κ1) is 17.6. The molecule has 0 radical (unpaired) electrons. The van der Waals surface area contributed by atoms with E-state index in [1.54, 1.807) is 0 Å². The van der Waals surface area contributed by atoms with Crippen molar-refractivity contribution in [2.75, 3.05) is 41.0 Å². The smallest absolute Gasteiger partial charge is 0.326 e. The Balaban J connectivity index is 4.26. The van der Waals surface area contributed by atoms with Crippen LogP contribution in [0.2, 0.25) is 0 Å². The molecule has 0 heterocycles. The van der Waals surface area contributed by atoms with E-state index in [2.05, 4.69) is 5.32 Å². The summed E-state index contributed by atoms with van der Waals surface area (Å²) in [6.07, 6.45) is -0.644. The molecule has 0 aliphatic carbocycles. The summed E-state index contributed by atoms with van der Waals surface area (Å²) in [5.41, 5.74) is 0. The van der Waals surface area contributed by atoms with Gasteiger partial charge in [0.15, 0.2) is 0 Å². The predicted octanol–water partition coefficient (Wildman–Crippen LogP) is -0.875. The summed E-state index contributed by atoms with van der Waals surface area (Å²) >= 11 is 0. The average Bonchev–Trinajstić information content (AvgIpc) is 2.33. The largest absolute Gasteiger partial charge is 0.480 e. The average molecular weight is 278 g/mol. The predicted molar refractivity (Wildman–Crippen MR) is 67.0 cm³/mol. The van der Waals surface area contributed by atoms with Gasteiger partial charge in [0.1, 0.15) is 6.04 Å². The molecule has 0 aromatic rings. The number of ether oxygens (including phenoxy) is 2. The number of carboxylic acid groups (broad SMARTS) is 1. The quantitative estimate of drug-likeness (QED) is 0.505. The van der Waals surface area contributed by atoms with Gasteiger partial charge in [-0.15, -0.1) is 0 Å². The Labute approximate surface area is 112 Å². The van der Waals surface area contributed by atoms with E-state index < -0.39 is 24.1 Å². The molecule has 0 spiro atoms. The molecule has 2 amide bonds. The molecule has 0 fully saturated rings. The van der Waals surface area contributed by atoms with Gasteiger partial charge in [0.2, 0.25) is 0 Å². The van der Waals surface area contributed by atoms with E-state index >= 15 is 0 Å². The molecule has 0 saturated carbocycles. The molecular weight excluding hydrogens is 256 g/mol. The number of rotatable bonds is 9. The molecule has 2 unspecified atom stereocenters. The minimum absolute atomic E-state index is 0.0519. The molecule has 112 valence electrons. The second-order valence-electron chi connectivity index (χ2n) is 4.11. The van der Waals surface area contributed by atoms with E-state index in [1.807, 2.05) is 0 Å². The second kappa shape index (κ2) is 9.54. The molecule has 0 aliphatic heterocycles. The van der Waals surface area contributed by atoms with Crippen molar-refractivity contribution in [2.24, 2.45) is 0 Å². The maximum atomic E-state index is 11.7. The molecule has 8 nitrogen and oxygen atoms in total. The van der Waals surface area contributed by atoms with Crippen molar-refractivity contribution in [3.05, 3.63) is 0 Å². The first-order valence-electron chi connectivity index (χ1n) is 5.82. The number of nitrogens with zero attached hydrogens (tertiary/aromatic N) is 1. The fraction of sp³-hybridized carbons (Fsp3) is 0.818. The van der Waals surface area contributed by atoms with Crippen LogP contribution in [0, 0.1) is 0 Å². The number of carbonyl (C=O) groups excluding carboxylic acids is 1. The van der Waals surface area contributed by atoms with Gasteiger partial charge >= 0.3 is 12.0 Å². The summed E-state index contributed by atoms with van der Waals surface area (Å²) in [5, 5.41) is 20.8. The molecule has 0 rings (SSSR count). The molecular formula is C11H22N2O6. The molecule has 0 saturated heterocycles. The fourth-order valence-corrected chi connectivity index (χ4v) is 1.40. The van der Waals surface area contributed by atoms with Crippen LogP contribution >= 0.6 is 0 Å². The minimum atomic E-state index is -1.13. The van der Waals surface area contributed by atoms with Gasteiger partial charge in [0.05, 0.1) is 19.3 Å². The van der Waals surface area contributed by atoms with Crippen LogP contribution in [-0.2, 0) is 14.3 Å².